The van der Waals surface area contributed by atoms with Gasteiger partial charge in [0.05, 0.1) is 10.6 Å². The van der Waals surface area contributed by atoms with Crippen molar-refractivity contribution < 1.29 is 13.5 Å². The summed E-state index contributed by atoms with van der Waals surface area (Å²) in [4.78, 5) is 2.43. The number of phenols is 1. The predicted octanol–water partition coefficient (Wildman–Crippen LogP) is 2.79. The van der Waals surface area contributed by atoms with Gasteiger partial charge in [0.15, 0.2) is 0 Å². The smallest absolute Gasteiger partial charge is 0.276 e. The molecule has 0 amide bonds. The molecule has 0 saturated heterocycles. The van der Waals surface area contributed by atoms with Crippen LogP contribution < -0.4 is 4.83 Å². The molecule has 0 unspecified atom stereocenters. The number of hydrogen-bond donors (Lipinski definition) is 2. The van der Waals surface area contributed by atoms with Crippen molar-refractivity contribution in [1.29, 1.82) is 0 Å². The van der Waals surface area contributed by atoms with Gasteiger partial charge in [-0.2, -0.15) is 18.4 Å². The maximum atomic E-state index is 12.2. The Morgan fingerprint density at radius 2 is 1.68 bits per heavy atom. The number of hydrogen-bond acceptors (Lipinski definition) is 4. The zero-order valence-corrected chi connectivity index (χ0v) is 13.3. The Bertz CT molecular complexity index is 764. The topological polar surface area (TPSA) is 78.8 Å². The molecule has 2 rings (SSSR count). The molecule has 0 aliphatic heterocycles. The number of phenolic OH excluding ortho intramolecular Hbond substituents is 1. The molecule has 5 nitrogen and oxygen atoms in total. The molecule has 2 aromatic rings. The van der Waals surface area contributed by atoms with Crippen LogP contribution in [0.5, 0.6) is 5.75 Å². The Balaban J connectivity index is 2.24. The number of aryl methyl sites for hydroxylation is 1. The fourth-order valence-electron chi connectivity index (χ4n) is 1.89. The van der Waals surface area contributed by atoms with Crippen LogP contribution in [0.25, 0.3) is 0 Å². The summed E-state index contributed by atoms with van der Waals surface area (Å²) in [5, 5.41) is 13.3. The van der Waals surface area contributed by atoms with Crippen molar-refractivity contribution in [2.45, 2.75) is 25.2 Å². The van der Waals surface area contributed by atoms with E-state index in [9.17, 15) is 13.5 Å². The number of sulfonamides is 1. The molecule has 0 bridgehead atoms. The molecular weight excluding hydrogens is 300 g/mol. The first-order valence-electron chi connectivity index (χ1n) is 6.87. The van der Waals surface area contributed by atoms with Crippen LogP contribution in [0.2, 0.25) is 0 Å². The van der Waals surface area contributed by atoms with Gasteiger partial charge in [-0.1, -0.05) is 24.6 Å². The summed E-state index contributed by atoms with van der Waals surface area (Å²) in [7, 11) is -3.69. The lowest BCUT2D eigenvalue weighted by atomic mass is 10.1. The van der Waals surface area contributed by atoms with E-state index in [1.54, 1.807) is 36.4 Å². The number of rotatable bonds is 5. The highest BCUT2D eigenvalue weighted by Gasteiger charge is 2.13. The molecule has 0 saturated carbocycles. The molecule has 0 atom stereocenters. The van der Waals surface area contributed by atoms with Crippen molar-refractivity contribution in [1.82, 2.24) is 4.83 Å². The van der Waals surface area contributed by atoms with E-state index in [1.807, 2.05) is 13.8 Å². The quantitative estimate of drug-likeness (QED) is 0.657. The minimum Gasteiger partial charge on any atom is -0.508 e. The largest absolute Gasteiger partial charge is 0.508 e. The van der Waals surface area contributed by atoms with Crippen LogP contribution in [0, 0.1) is 6.92 Å². The van der Waals surface area contributed by atoms with Crippen LogP contribution in [0.3, 0.4) is 0 Å². The molecule has 0 aliphatic rings. The Morgan fingerprint density at radius 1 is 1.09 bits per heavy atom. The van der Waals surface area contributed by atoms with Crippen LogP contribution in [0.4, 0.5) is 0 Å². The van der Waals surface area contributed by atoms with E-state index in [0.717, 1.165) is 11.1 Å². The average molecular weight is 318 g/mol. The summed E-state index contributed by atoms with van der Waals surface area (Å²) in [5.74, 6) is 0.152. The molecule has 0 aromatic heterocycles. The minimum absolute atomic E-state index is 0.152. The monoisotopic (exact) mass is 318 g/mol. The number of nitrogens with zero attached hydrogens (tertiary/aromatic N) is 1. The molecule has 0 radical (unpaired) electrons. The highest BCUT2D eigenvalue weighted by molar-refractivity contribution is 7.89. The van der Waals surface area contributed by atoms with Crippen LogP contribution in [0.1, 0.15) is 24.5 Å². The van der Waals surface area contributed by atoms with Gasteiger partial charge in [-0.3, -0.25) is 0 Å². The first-order chi connectivity index (χ1) is 10.4. The molecule has 2 aromatic carbocycles. The van der Waals surface area contributed by atoms with Gasteiger partial charge < -0.3 is 5.11 Å². The molecular formula is C16H18N2O3S. The van der Waals surface area contributed by atoms with Gasteiger partial charge in [-0.05, 0) is 55.3 Å². The first-order valence-corrected chi connectivity index (χ1v) is 8.35. The number of nitrogens with one attached hydrogen (secondary N) is 1. The highest BCUT2D eigenvalue weighted by atomic mass is 32.2. The Kier molecular flexibility index (Phi) is 4.82. The molecule has 2 N–H and O–H groups in total. The van der Waals surface area contributed by atoms with Gasteiger partial charge in [0.25, 0.3) is 10.0 Å². The first kappa shape index (κ1) is 16.0. The van der Waals surface area contributed by atoms with Crippen LogP contribution in [0.15, 0.2) is 58.5 Å². The van der Waals surface area contributed by atoms with E-state index < -0.39 is 10.0 Å². The molecule has 6 heteroatoms. The van der Waals surface area contributed by atoms with Gasteiger partial charge in [0, 0.05) is 0 Å². The van der Waals surface area contributed by atoms with Gasteiger partial charge in [0.2, 0.25) is 0 Å². The predicted molar refractivity (Wildman–Crippen MR) is 86.4 cm³/mol. The summed E-state index contributed by atoms with van der Waals surface area (Å²) >= 11 is 0. The van der Waals surface area contributed by atoms with Crippen LogP contribution in [-0.2, 0) is 10.0 Å². The summed E-state index contributed by atoms with van der Waals surface area (Å²) < 4.78 is 24.4. The van der Waals surface area contributed by atoms with Crippen LogP contribution >= 0.6 is 0 Å². The third-order valence-electron chi connectivity index (χ3n) is 3.17. The van der Waals surface area contributed by atoms with Gasteiger partial charge in [0.1, 0.15) is 5.75 Å². The van der Waals surface area contributed by atoms with E-state index >= 15 is 0 Å². The summed E-state index contributed by atoms with van der Waals surface area (Å²) in [6, 6.07) is 13.0. The number of benzene rings is 2. The van der Waals surface area contributed by atoms with Crippen molar-refractivity contribution in [3.8, 4) is 5.75 Å². The second-order valence-electron chi connectivity index (χ2n) is 4.87. The van der Waals surface area contributed by atoms with Crippen molar-refractivity contribution in [2.75, 3.05) is 0 Å². The molecule has 22 heavy (non-hydrogen) atoms. The Morgan fingerprint density at radius 3 is 2.23 bits per heavy atom. The highest BCUT2D eigenvalue weighted by Crippen LogP contribution is 2.13. The average Bonchev–Trinajstić information content (AvgIpc) is 2.50. The lowest BCUT2D eigenvalue weighted by Crippen LogP contribution is -2.20. The standard InChI is InChI=1S/C16H18N2O3S/c1-3-16(13-6-8-14(19)9-7-13)17-18-22(20,21)15-10-4-12(2)5-11-15/h4-11,18-19H,3H2,1-2H3/b17-16+. The van der Waals surface area contributed by atoms with Crippen molar-refractivity contribution in [2.24, 2.45) is 5.10 Å². The fraction of sp³-hybridized carbons (Fsp3) is 0.188. The second-order valence-corrected chi connectivity index (χ2v) is 6.53. The van der Waals surface area contributed by atoms with E-state index in [-0.39, 0.29) is 10.6 Å². The van der Waals surface area contributed by atoms with Gasteiger partial charge >= 0.3 is 0 Å². The van der Waals surface area contributed by atoms with Crippen molar-refractivity contribution in [3.05, 3.63) is 59.7 Å². The molecule has 0 aliphatic carbocycles. The van der Waals surface area contributed by atoms with E-state index in [0.29, 0.717) is 12.1 Å². The zero-order valence-electron chi connectivity index (χ0n) is 12.4. The lowest BCUT2D eigenvalue weighted by molar-refractivity contribution is 0.475. The lowest BCUT2D eigenvalue weighted by Gasteiger charge is -2.07. The van der Waals surface area contributed by atoms with E-state index in [4.69, 9.17) is 0 Å². The van der Waals surface area contributed by atoms with Crippen LogP contribution in [-0.4, -0.2) is 19.2 Å². The number of hydrazone groups is 1. The third-order valence-corrected chi connectivity index (χ3v) is 4.39. The second kappa shape index (κ2) is 6.62. The maximum absolute atomic E-state index is 12.2. The normalized spacial score (nSPS) is 12.2. The van der Waals surface area contributed by atoms with Gasteiger partial charge in [-0.25, -0.2) is 0 Å². The summed E-state index contributed by atoms with van der Waals surface area (Å²) in [5.41, 5.74) is 2.34. The molecule has 0 heterocycles. The molecule has 0 fully saturated rings. The fourth-order valence-corrected chi connectivity index (χ4v) is 2.72. The SMILES string of the molecule is CC/C(=N\NS(=O)(=O)c1ccc(C)cc1)c1ccc(O)cc1. The maximum Gasteiger partial charge on any atom is 0.276 e. The van der Waals surface area contributed by atoms with E-state index in [2.05, 4.69) is 9.93 Å². The van der Waals surface area contributed by atoms with Crippen molar-refractivity contribution >= 4 is 15.7 Å². The minimum atomic E-state index is -3.69. The zero-order chi connectivity index (χ0) is 16.2. The van der Waals surface area contributed by atoms with Gasteiger partial charge in [-0.15, -0.1) is 0 Å². The molecule has 0 spiro atoms. The van der Waals surface area contributed by atoms with Crippen molar-refractivity contribution in [3.63, 3.8) is 0 Å². The Hall–Kier alpha value is -2.34. The van der Waals surface area contributed by atoms with E-state index in [1.165, 1.54) is 12.1 Å². The summed E-state index contributed by atoms with van der Waals surface area (Å²) in [6.45, 7) is 3.77. The summed E-state index contributed by atoms with van der Waals surface area (Å²) in [6.07, 6.45) is 0.557. The number of aromatic hydroxyl groups is 1. The molecule has 116 valence electrons. The Labute approximate surface area is 130 Å². The third kappa shape index (κ3) is 3.85.